The smallest absolute Gasteiger partial charge is 0.265 e. The van der Waals surface area contributed by atoms with Crippen LogP contribution in [0, 0.1) is 11.8 Å². The molecule has 0 saturated carbocycles. The molecule has 0 bridgehead atoms. The van der Waals surface area contributed by atoms with Crippen molar-refractivity contribution < 1.29 is 0 Å². The number of fused-ring (bicyclic) bond motifs is 2. The first-order valence-electron chi connectivity index (χ1n) is 9.62. The second-order valence-corrected chi connectivity index (χ2v) is 7.35. The van der Waals surface area contributed by atoms with Crippen LogP contribution in [0.1, 0.15) is 12.5 Å². The predicted octanol–water partition coefficient (Wildman–Crippen LogP) is 5.23. The van der Waals surface area contributed by atoms with Gasteiger partial charge in [0.25, 0.3) is 5.56 Å². The Morgan fingerprint density at radius 1 is 0.935 bits per heavy atom. The molecule has 0 fully saturated rings. The molecule has 1 N–H and O–H groups in total. The SMILES string of the molecule is CC#Cc1cc2nc(-c3cc(Cl)c4ncccc4c3)c(-c3ccccc3)nc2[nH]c1=O. The molecule has 0 amide bonds. The monoisotopic (exact) mass is 422 g/mol. The molecule has 2 aromatic carbocycles. The van der Waals surface area contributed by atoms with E-state index in [1.165, 1.54) is 0 Å². The van der Waals surface area contributed by atoms with E-state index in [2.05, 4.69) is 21.8 Å². The van der Waals surface area contributed by atoms with Crippen molar-refractivity contribution in [2.75, 3.05) is 0 Å². The molecule has 0 aliphatic heterocycles. The Bertz CT molecular complexity index is 1580. The Morgan fingerprint density at radius 2 is 1.74 bits per heavy atom. The fraction of sp³-hybridized carbons (Fsp3) is 0.0400. The maximum Gasteiger partial charge on any atom is 0.265 e. The Morgan fingerprint density at radius 3 is 2.55 bits per heavy atom. The number of nitrogens with zero attached hydrogens (tertiary/aromatic N) is 3. The maximum atomic E-state index is 12.4. The molecule has 0 saturated heterocycles. The highest BCUT2D eigenvalue weighted by Crippen LogP contribution is 2.34. The standard InChI is InChI=1S/C25H15ClN4O/c1-2-7-17-14-20-24(30-25(17)31)29-22(15-8-4-3-5-9-15)23(28-20)18-12-16-10-6-11-27-21(16)19(26)13-18/h3-6,8-14H,1H3,(H,29,30,31). The van der Waals surface area contributed by atoms with Gasteiger partial charge in [-0.15, -0.1) is 5.92 Å². The first-order valence-corrected chi connectivity index (χ1v) is 10.00. The van der Waals surface area contributed by atoms with Crippen molar-refractivity contribution in [3.63, 3.8) is 0 Å². The maximum absolute atomic E-state index is 12.4. The Balaban J connectivity index is 1.85. The predicted molar refractivity (Wildman–Crippen MR) is 124 cm³/mol. The molecular formula is C25H15ClN4O. The Kier molecular flexibility index (Phi) is 4.70. The van der Waals surface area contributed by atoms with Crippen LogP contribution in [0.2, 0.25) is 5.02 Å². The number of aromatic amines is 1. The van der Waals surface area contributed by atoms with Crippen LogP contribution in [0.15, 0.2) is 71.7 Å². The van der Waals surface area contributed by atoms with E-state index in [1.54, 1.807) is 19.2 Å². The number of halogens is 1. The molecule has 0 aliphatic rings. The van der Waals surface area contributed by atoms with Crippen molar-refractivity contribution in [2.45, 2.75) is 6.92 Å². The summed E-state index contributed by atoms with van der Waals surface area (Å²) in [5.74, 6) is 5.57. The van der Waals surface area contributed by atoms with Crippen molar-refractivity contribution >= 4 is 33.7 Å². The number of H-pyrrole nitrogens is 1. The van der Waals surface area contributed by atoms with E-state index in [-0.39, 0.29) is 5.56 Å². The lowest BCUT2D eigenvalue weighted by atomic mass is 10.0. The highest BCUT2D eigenvalue weighted by Gasteiger charge is 2.16. The van der Waals surface area contributed by atoms with Crippen LogP contribution < -0.4 is 5.56 Å². The molecule has 5 aromatic rings. The second kappa shape index (κ2) is 7.67. The zero-order chi connectivity index (χ0) is 21.4. The minimum absolute atomic E-state index is 0.289. The van der Waals surface area contributed by atoms with Crippen molar-refractivity contribution in [2.24, 2.45) is 0 Å². The molecular weight excluding hydrogens is 408 g/mol. The zero-order valence-corrected chi connectivity index (χ0v) is 17.2. The van der Waals surface area contributed by atoms with Gasteiger partial charge >= 0.3 is 0 Å². The molecule has 0 spiro atoms. The molecule has 5 rings (SSSR count). The van der Waals surface area contributed by atoms with Gasteiger partial charge in [0.05, 0.1) is 27.5 Å². The summed E-state index contributed by atoms with van der Waals surface area (Å²) in [6.07, 6.45) is 1.71. The number of hydrogen-bond acceptors (Lipinski definition) is 4. The van der Waals surface area contributed by atoms with Gasteiger partial charge < -0.3 is 4.98 Å². The number of hydrogen-bond donors (Lipinski definition) is 1. The van der Waals surface area contributed by atoms with Crippen LogP contribution in [-0.2, 0) is 0 Å². The summed E-state index contributed by atoms with van der Waals surface area (Å²) in [7, 11) is 0. The lowest BCUT2D eigenvalue weighted by Crippen LogP contribution is -2.11. The summed E-state index contributed by atoms with van der Waals surface area (Å²) >= 11 is 6.54. The number of rotatable bonds is 2. The molecule has 0 radical (unpaired) electrons. The summed E-state index contributed by atoms with van der Waals surface area (Å²) in [5.41, 5.74) is 4.75. The lowest BCUT2D eigenvalue weighted by molar-refractivity contribution is 1.18. The van der Waals surface area contributed by atoms with Gasteiger partial charge in [0.15, 0.2) is 5.65 Å². The third-order valence-electron chi connectivity index (χ3n) is 4.92. The Labute approximate surface area is 182 Å². The number of nitrogens with one attached hydrogen (secondary N) is 1. The fourth-order valence-corrected chi connectivity index (χ4v) is 3.80. The van der Waals surface area contributed by atoms with Gasteiger partial charge in [-0.1, -0.05) is 53.9 Å². The first-order chi connectivity index (χ1) is 15.1. The molecule has 3 aromatic heterocycles. The molecule has 0 unspecified atom stereocenters. The summed E-state index contributed by atoms with van der Waals surface area (Å²) in [6.45, 7) is 1.68. The number of benzene rings is 2. The van der Waals surface area contributed by atoms with Gasteiger partial charge in [0.1, 0.15) is 5.52 Å². The van der Waals surface area contributed by atoms with Gasteiger partial charge in [-0.2, -0.15) is 0 Å². The third kappa shape index (κ3) is 3.43. The topological polar surface area (TPSA) is 71.5 Å². The van der Waals surface area contributed by atoms with Crippen molar-refractivity contribution in [1.82, 2.24) is 19.9 Å². The van der Waals surface area contributed by atoms with Crippen LogP contribution in [0.5, 0.6) is 0 Å². The average Bonchev–Trinajstić information content (AvgIpc) is 2.79. The van der Waals surface area contributed by atoms with E-state index in [0.29, 0.717) is 33.1 Å². The van der Waals surface area contributed by atoms with E-state index in [0.717, 1.165) is 22.0 Å². The summed E-state index contributed by atoms with van der Waals surface area (Å²) in [5, 5.41) is 1.44. The minimum Gasteiger partial charge on any atom is -0.304 e. The zero-order valence-electron chi connectivity index (χ0n) is 16.5. The minimum atomic E-state index is -0.289. The number of pyridine rings is 2. The normalized spacial score (nSPS) is 10.8. The van der Waals surface area contributed by atoms with Gasteiger partial charge in [-0.05, 0) is 31.2 Å². The van der Waals surface area contributed by atoms with E-state index >= 15 is 0 Å². The van der Waals surface area contributed by atoms with E-state index in [9.17, 15) is 4.79 Å². The highest BCUT2D eigenvalue weighted by molar-refractivity contribution is 6.35. The highest BCUT2D eigenvalue weighted by atomic mass is 35.5. The largest absolute Gasteiger partial charge is 0.304 e. The van der Waals surface area contributed by atoms with Crippen LogP contribution in [0.25, 0.3) is 44.6 Å². The lowest BCUT2D eigenvalue weighted by Gasteiger charge is -2.12. The fourth-order valence-electron chi connectivity index (χ4n) is 3.53. The van der Waals surface area contributed by atoms with Gasteiger partial charge in [-0.3, -0.25) is 9.78 Å². The van der Waals surface area contributed by atoms with E-state index in [4.69, 9.17) is 21.6 Å². The van der Waals surface area contributed by atoms with Crippen LogP contribution in [0.3, 0.4) is 0 Å². The van der Waals surface area contributed by atoms with Gasteiger partial charge in [-0.25, -0.2) is 9.97 Å². The first kappa shape index (κ1) is 19.0. The Hall–Kier alpha value is -4.01. The van der Waals surface area contributed by atoms with E-state index in [1.807, 2.05) is 54.6 Å². The van der Waals surface area contributed by atoms with E-state index < -0.39 is 0 Å². The summed E-state index contributed by atoms with van der Waals surface area (Å²) < 4.78 is 0. The van der Waals surface area contributed by atoms with Crippen molar-refractivity contribution in [1.29, 1.82) is 0 Å². The molecule has 3 heterocycles. The van der Waals surface area contributed by atoms with Crippen LogP contribution in [-0.4, -0.2) is 19.9 Å². The average molecular weight is 423 g/mol. The van der Waals surface area contributed by atoms with Crippen LogP contribution in [0.4, 0.5) is 0 Å². The number of aromatic nitrogens is 4. The third-order valence-corrected chi connectivity index (χ3v) is 5.21. The molecule has 0 aliphatic carbocycles. The van der Waals surface area contributed by atoms with Crippen molar-refractivity contribution in [3.8, 4) is 34.4 Å². The molecule has 0 atom stereocenters. The summed E-state index contributed by atoms with van der Waals surface area (Å²) in [4.78, 5) is 29.2. The molecule has 5 nitrogen and oxygen atoms in total. The van der Waals surface area contributed by atoms with Crippen LogP contribution >= 0.6 is 11.6 Å². The molecule has 31 heavy (non-hydrogen) atoms. The van der Waals surface area contributed by atoms with Crippen molar-refractivity contribution in [3.05, 3.63) is 87.8 Å². The quantitative estimate of drug-likeness (QED) is 0.395. The second-order valence-electron chi connectivity index (χ2n) is 6.94. The molecule has 148 valence electrons. The summed E-state index contributed by atoms with van der Waals surface area (Å²) in [6, 6.07) is 19.1. The molecule has 6 heteroatoms. The van der Waals surface area contributed by atoms with Gasteiger partial charge in [0, 0.05) is 22.7 Å². The van der Waals surface area contributed by atoms with Gasteiger partial charge in [0.2, 0.25) is 0 Å².